The summed E-state index contributed by atoms with van der Waals surface area (Å²) in [7, 11) is 0. The van der Waals surface area contributed by atoms with Crippen LogP contribution in [-0.2, 0) is 4.79 Å². The lowest BCUT2D eigenvalue weighted by Gasteiger charge is -2.13. The minimum atomic E-state index is -0.547. The number of hydrogen-bond acceptors (Lipinski definition) is 5. The molecule has 0 saturated carbocycles. The molecule has 2 aromatic rings. The van der Waals surface area contributed by atoms with Gasteiger partial charge in [0.15, 0.2) is 0 Å². The molecule has 3 amide bonds. The Morgan fingerprint density at radius 3 is 2.33 bits per heavy atom. The smallest absolute Gasteiger partial charge is 0.312 e. The molecule has 0 atom stereocenters. The molecule has 0 bridgehead atoms. The van der Waals surface area contributed by atoms with Crippen LogP contribution in [-0.4, -0.2) is 28.7 Å². The zero-order valence-corrected chi connectivity index (χ0v) is 20.0. The average Bonchev–Trinajstić information content (AvgIpc) is 3.07. The predicted molar refractivity (Wildman–Crippen MR) is 132 cm³/mol. The molecule has 2 aromatic carbocycles. The van der Waals surface area contributed by atoms with Gasteiger partial charge in [-0.25, -0.2) is 0 Å². The van der Waals surface area contributed by atoms with Gasteiger partial charge in [0.1, 0.15) is 5.75 Å². The fourth-order valence-corrected chi connectivity index (χ4v) is 4.10. The predicted octanol–water partition coefficient (Wildman–Crippen LogP) is 6.12. The van der Waals surface area contributed by atoms with Gasteiger partial charge in [-0.1, -0.05) is 68.9 Å². The van der Waals surface area contributed by atoms with E-state index in [0.29, 0.717) is 12.2 Å². The number of unbranched alkanes of at least 4 members (excludes halogenated alkanes) is 5. The zero-order valence-electron chi connectivity index (χ0n) is 19.1. The number of thioether (sulfide) groups is 1. The highest BCUT2D eigenvalue weighted by molar-refractivity contribution is 8.18. The van der Waals surface area contributed by atoms with Gasteiger partial charge in [-0.3, -0.25) is 19.8 Å². The third kappa shape index (κ3) is 7.22. The number of ether oxygens (including phenoxy) is 1. The van der Waals surface area contributed by atoms with Crippen LogP contribution in [0.3, 0.4) is 0 Å². The van der Waals surface area contributed by atoms with Crippen molar-refractivity contribution in [1.82, 2.24) is 10.4 Å². The zero-order chi connectivity index (χ0) is 23.6. The number of hydrazine groups is 1. The first-order valence-corrected chi connectivity index (χ1v) is 12.2. The van der Waals surface area contributed by atoms with Crippen molar-refractivity contribution >= 4 is 34.9 Å². The van der Waals surface area contributed by atoms with Crippen molar-refractivity contribution in [2.75, 3.05) is 6.61 Å². The molecule has 0 spiro atoms. The van der Waals surface area contributed by atoms with E-state index in [4.69, 9.17) is 4.74 Å². The lowest BCUT2D eigenvalue weighted by atomic mass is 10.1. The van der Waals surface area contributed by atoms with Crippen LogP contribution in [0.25, 0.3) is 6.08 Å². The van der Waals surface area contributed by atoms with Crippen molar-refractivity contribution in [2.24, 2.45) is 0 Å². The normalized spacial score (nSPS) is 14.7. The van der Waals surface area contributed by atoms with Crippen molar-refractivity contribution in [3.8, 4) is 5.75 Å². The minimum Gasteiger partial charge on any atom is -0.494 e. The minimum absolute atomic E-state index is 0.255. The average molecular weight is 467 g/mol. The number of benzene rings is 2. The highest BCUT2D eigenvalue weighted by atomic mass is 32.2. The number of rotatable bonds is 11. The van der Waals surface area contributed by atoms with E-state index in [1.165, 1.54) is 32.1 Å². The second kappa shape index (κ2) is 12.3. The van der Waals surface area contributed by atoms with Gasteiger partial charge >= 0.3 is 5.24 Å². The van der Waals surface area contributed by atoms with Gasteiger partial charge in [0.05, 0.1) is 11.5 Å². The van der Waals surface area contributed by atoms with Gasteiger partial charge in [0.2, 0.25) is 0 Å². The first-order chi connectivity index (χ1) is 16.0. The Labute approximate surface area is 199 Å². The molecule has 7 heteroatoms. The first-order valence-electron chi connectivity index (χ1n) is 11.4. The number of carbonyl (C=O) groups excluding carboxylic acids is 3. The Morgan fingerprint density at radius 1 is 0.970 bits per heavy atom. The molecule has 1 fully saturated rings. The summed E-state index contributed by atoms with van der Waals surface area (Å²) >= 11 is 0.798. The first kappa shape index (κ1) is 24.6. The monoisotopic (exact) mass is 466 g/mol. The standard InChI is InChI=1S/C26H30N2O4S/c1-3-4-5-6-7-8-17-32-22-15-11-20(12-16-22)18-23-25(30)28(26(31)33-23)27-24(29)21-13-9-19(2)10-14-21/h9-16,18H,3-8,17H2,1-2H3,(H,27,29)/b23-18+. The molecule has 1 heterocycles. The summed E-state index contributed by atoms with van der Waals surface area (Å²) < 4.78 is 5.78. The summed E-state index contributed by atoms with van der Waals surface area (Å²) in [6.45, 7) is 4.81. The van der Waals surface area contributed by atoms with Crippen molar-refractivity contribution in [3.05, 3.63) is 70.1 Å². The van der Waals surface area contributed by atoms with E-state index in [1.807, 2.05) is 31.2 Å². The summed E-state index contributed by atoms with van der Waals surface area (Å²) in [5.74, 6) is -0.279. The summed E-state index contributed by atoms with van der Waals surface area (Å²) in [5, 5.41) is 0.224. The van der Waals surface area contributed by atoms with Crippen LogP contribution in [0.4, 0.5) is 4.79 Å². The topological polar surface area (TPSA) is 75.7 Å². The molecule has 1 aliphatic rings. The molecule has 1 N–H and O–H groups in total. The lowest BCUT2D eigenvalue weighted by Crippen LogP contribution is -2.44. The third-order valence-corrected chi connectivity index (χ3v) is 6.13. The van der Waals surface area contributed by atoms with Crippen LogP contribution in [0.1, 0.15) is 66.9 Å². The number of hydrogen-bond donors (Lipinski definition) is 1. The molecule has 0 unspecified atom stereocenters. The van der Waals surface area contributed by atoms with E-state index in [2.05, 4.69) is 12.3 Å². The molecule has 3 rings (SSSR count). The van der Waals surface area contributed by atoms with E-state index in [0.717, 1.165) is 40.1 Å². The Kier molecular flexibility index (Phi) is 9.13. The van der Waals surface area contributed by atoms with E-state index in [9.17, 15) is 14.4 Å². The molecule has 1 aliphatic heterocycles. The van der Waals surface area contributed by atoms with Crippen molar-refractivity contribution < 1.29 is 19.1 Å². The Bertz CT molecular complexity index is 1000. The maximum absolute atomic E-state index is 12.7. The maximum Gasteiger partial charge on any atom is 0.312 e. The van der Waals surface area contributed by atoms with Crippen LogP contribution >= 0.6 is 11.8 Å². The van der Waals surface area contributed by atoms with Crippen LogP contribution in [0.2, 0.25) is 0 Å². The Morgan fingerprint density at radius 2 is 1.64 bits per heavy atom. The summed E-state index contributed by atoms with van der Waals surface area (Å²) in [6, 6.07) is 14.3. The summed E-state index contributed by atoms with van der Waals surface area (Å²) in [5.41, 5.74) is 4.56. The van der Waals surface area contributed by atoms with Crippen LogP contribution < -0.4 is 10.2 Å². The highest BCUT2D eigenvalue weighted by Gasteiger charge is 2.36. The van der Waals surface area contributed by atoms with Gasteiger partial charge in [-0.15, -0.1) is 0 Å². The molecule has 33 heavy (non-hydrogen) atoms. The van der Waals surface area contributed by atoms with Gasteiger partial charge in [0.25, 0.3) is 11.8 Å². The molecule has 0 radical (unpaired) electrons. The van der Waals surface area contributed by atoms with Crippen LogP contribution in [0.15, 0.2) is 53.4 Å². The number of imide groups is 1. The highest BCUT2D eigenvalue weighted by Crippen LogP contribution is 2.31. The molecular formula is C26H30N2O4S. The third-order valence-electron chi connectivity index (χ3n) is 5.27. The molecule has 0 aliphatic carbocycles. The van der Waals surface area contributed by atoms with E-state index in [-0.39, 0.29) is 4.91 Å². The largest absolute Gasteiger partial charge is 0.494 e. The van der Waals surface area contributed by atoms with Gasteiger partial charge < -0.3 is 4.74 Å². The molecule has 0 aromatic heterocycles. The van der Waals surface area contributed by atoms with E-state index < -0.39 is 17.1 Å². The van der Waals surface area contributed by atoms with Crippen molar-refractivity contribution in [3.63, 3.8) is 0 Å². The Hall–Kier alpha value is -3.06. The second-order valence-electron chi connectivity index (χ2n) is 8.01. The van der Waals surface area contributed by atoms with Crippen LogP contribution in [0, 0.1) is 6.92 Å². The quantitative estimate of drug-likeness (QED) is 0.319. The summed E-state index contributed by atoms with van der Waals surface area (Å²) in [4.78, 5) is 37.6. The number of nitrogens with zero attached hydrogens (tertiary/aromatic N) is 1. The fraction of sp³-hybridized carbons (Fsp3) is 0.346. The molecule has 1 saturated heterocycles. The number of nitrogens with one attached hydrogen (secondary N) is 1. The number of carbonyl (C=O) groups is 3. The van der Waals surface area contributed by atoms with E-state index in [1.54, 1.807) is 30.3 Å². The summed E-state index contributed by atoms with van der Waals surface area (Å²) in [6.07, 6.45) is 8.92. The lowest BCUT2D eigenvalue weighted by molar-refractivity contribution is -0.124. The molecule has 174 valence electrons. The van der Waals surface area contributed by atoms with Gasteiger partial charge in [-0.2, -0.15) is 5.01 Å². The van der Waals surface area contributed by atoms with E-state index >= 15 is 0 Å². The van der Waals surface area contributed by atoms with Crippen molar-refractivity contribution in [1.29, 1.82) is 0 Å². The molecule has 6 nitrogen and oxygen atoms in total. The SMILES string of the molecule is CCCCCCCCOc1ccc(/C=C2/SC(=O)N(NC(=O)c3ccc(C)cc3)C2=O)cc1. The van der Waals surface area contributed by atoms with Gasteiger partial charge in [0, 0.05) is 5.56 Å². The fourth-order valence-electron chi connectivity index (χ4n) is 3.32. The number of aryl methyl sites for hydroxylation is 1. The van der Waals surface area contributed by atoms with Gasteiger partial charge in [-0.05, 0) is 61.0 Å². The van der Waals surface area contributed by atoms with Crippen molar-refractivity contribution in [2.45, 2.75) is 52.4 Å². The maximum atomic E-state index is 12.7. The number of amides is 3. The van der Waals surface area contributed by atoms with Crippen LogP contribution in [0.5, 0.6) is 5.75 Å². The second-order valence-corrected chi connectivity index (χ2v) is 9.00. The molecular weight excluding hydrogens is 436 g/mol. The Balaban J connectivity index is 1.52.